The van der Waals surface area contributed by atoms with E-state index in [1.807, 2.05) is 17.4 Å². The Hall–Kier alpha value is -1.23. The van der Waals surface area contributed by atoms with Gasteiger partial charge in [-0.25, -0.2) is 4.98 Å². The number of hydrogen-bond donors (Lipinski definition) is 1. The Morgan fingerprint density at radius 1 is 1.30 bits per heavy atom. The standard InChI is InChI=1S/C16H20N2OS/c17-9-8-14-15(12-5-2-1-3-6-12)18-16(20-14)13-7-4-10-19-11-13/h1-3,5-6,13H,4,7-11,17H2. The van der Waals surface area contributed by atoms with E-state index in [4.69, 9.17) is 15.5 Å². The molecule has 1 aliphatic heterocycles. The second kappa shape index (κ2) is 6.48. The molecule has 0 radical (unpaired) electrons. The lowest BCUT2D eigenvalue weighted by atomic mass is 10.0. The molecule has 1 aliphatic rings. The lowest BCUT2D eigenvalue weighted by Crippen LogP contribution is -2.15. The third-order valence-corrected chi connectivity index (χ3v) is 4.92. The molecule has 1 atom stereocenters. The first-order valence-electron chi connectivity index (χ1n) is 7.21. The van der Waals surface area contributed by atoms with Gasteiger partial charge in [-0.15, -0.1) is 11.3 Å². The van der Waals surface area contributed by atoms with Gasteiger partial charge in [-0.05, 0) is 25.8 Å². The molecule has 0 bridgehead atoms. The second-order valence-electron chi connectivity index (χ2n) is 5.14. The van der Waals surface area contributed by atoms with Gasteiger partial charge >= 0.3 is 0 Å². The van der Waals surface area contributed by atoms with Crippen molar-refractivity contribution in [3.8, 4) is 11.3 Å². The molecule has 1 saturated heterocycles. The summed E-state index contributed by atoms with van der Waals surface area (Å²) in [5, 5.41) is 1.21. The van der Waals surface area contributed by atoms with Gasteiger partial charge in [-0.3, -0.25) is 0 Å². The third-order valence-electron chi connectivity index (χ3n) is 3.64. The highest BCUT2D eigenvalue weighted by molar-refractivity contribution is 7.12. The minimum atomic E-state index is 0.461. The first-order chi connectivity index (χ1) is 9.88. The van der Waals surface area contributed by atoms with Crippen LogP contribution in [0.4, 0.5) is 0 Å². The van der Waals surface area contributed by atoms with Crippen molar-refractivity contribution in [2.24, 2.45) is 5.73 Å². The Bertz CT molecular complexity index is 547. The summed E-state index contributed by atoms with van der Waals surface area (Å²) in [6.45, 7) is 2.37. The SMILES string of the molecule is NCCc1sc(C2CCCOC2)nc1-c1ccccc1. The number of aromatic nitrogens is 1. The molecule has 1 unspecified atom stereocenters. The molecule has 2 aromatic rings. The van der Waals surface area contributed by atoms with E-state index in [0.29, 0.717) is 12.5 Å². The predicted molar refractivity (Wildman–Crippen MR) is 83.1 cm³/mol. The highest BCUT2D eigenvalue weighted by atomic mass is 32.1. The second-order valence-corrected chi connectivity index (χ2v) is 6.26. The molecular formula is C16H20N2OS. The molecule has 1 aromatic carbocycles. The van der Waals surface area contributed by atoms with Gasteiger partial charge in [-0.2, -0.15) is 0 Å². The Kier molecular flexibility index (Phi) is 4.45. The van der Waals surface area contributed by atoms with Crippen LogP contribution < -0.4 is 5.73 Å². The zero-order valence-electron chi connectivity index (χ0n) is 11.5. The van der Waals surface area contributed by atoms with Gasteiger partial charge in [-0.1, -0.05) is 30.3 Å². The number of thiazole rings is 1. The van der Waals surface area contributed by atoms with Crippen LogP contribution in [0.1, 0.15) is 28.6 Å². The van der Waals surface area contributed by atoms with E-state index in [0.717, 1.165) is 31.7 Å². The summed E-state index contributed by atoms with van der Waals surface area (Å²) in [7, 11) is 0. The Balaban J connectivity index is 1.93. The van der Waals surface area contributed by atoms with Crippen LogP contribution in [0.25, 0.3) is 11.3 Å². The first kappa shape index (κ1) is 13.7. The van der Waals surface area contributed by atoms with Gasteiger partial charge in [0.05, 0.1) is 17.3 Å². The quantitative estimate of drug-likeness (QED) is 0.940. The predicted octanol–water partition coefficient (Wildman–Crippen LogP) is 3.21. The smallest absolute Gasteiger partial charge is 0.0989 e. The molecule has 3 nitrogen and oxygen atoms in total. The van der Waals surface area contributed by atoms with Crippen LogP contribution in [-0.2, 0) is 11.2 Å². The van der Waals surface area contributed by atoms with Crippen LogP contribution in [0.15, 0.2) is 30.3 Å². The highest BCUT2D eigenvalue weighted by Gasteiger charge is 2.22. The van der Waals surface area contributed by atoms with Crippen molar-refractivity contribution < 1.29 is 4.74 Å². The summed E-state index contributed by atoms with van der Waals surface area (Å²) < 4.78 is 5.59. The fraction of sp³-hybridized carbons (Fsp3) is 0.438. The topological polar surface area (TPSA) is 48.1 Å². The maximum atomic E-state index is 5.75. The number of rotatable bonds is 4. The summed E-state index contributed by atoms with van der Waals surface area (Å²) in [5.74, 6) is 0.461. The van der Waals surface area contributed by atoms with Crippen LogP contribution in [-0.4, -0.2) is 24.7 Å². The summed E-state index contributed by atoms with van der Waals surface area (Å²) in [6, 6.07) is 10.4. The van der Waals surface area contributed by atoms with E-state index in [9.17, 15) is 0 Å². The molecule has 3 rings (SSSR count). The largest absolute Gasteiger partial charge is 0.381 e. The monoisotopic (exact) mass is 288 g/mol. The number of nitrogens with two attached hydrogens (primary N) is 1. The summed E-state index contributed by atoms with van der Waals surface area (Å²) >= 11 is 1.81. The summed E-state index contributed by atoms with van der Waals surface area (Å²) in [4.78, 5) is 6.21. The van der Waals surface area contributed by atoms with Gasteiger partial charge in [0, 0.05) is 23.0 Å². The molecule has 20 heavy (non-hydrogen) atoms. The summed E-state index contributed by atoms with van der Waals surface area (Å²) in [6.07, 6.45) is 3.22. The number of ether oxygens (including phenoxy) is 1. The van der Waals surface area contributed by atoms with Crippen molar-refractivity contribution in [3.63, 3.8) is 0 Å². The molecule has 2 N–H and O–H groups in total. The summed E-state index contributed by atoms with van der Waals surface area (Å²) in [5.41, 5.74) is 8.05. The number of hydrogen-bond acceptors (Lipinski definition) is 4. The van der Waals surface area contributed by atoms with Crippen LogP contribution in [0.2, 0.25) is 0 Å². The first-order valence-corrected chi connectivity index (χ1v) is 8.03. The van der Waals surface area contributed by atoms with Crippen LogP contribution in [0, 0.1) is 0 Å². The fourth-order valence-corrected chi connectivity index (χ4v) is 3.82. The van der Waals surface area contributed by atoms with Crippen molar-refractivity contribution in [1.82, 2.24) is 4.98 Å². The van der Waals surface area contributed by atoms with Crippen molar-refractivity contribution in [3.05, 3.63) is 40.2 Å². The van der Waals surface area contributed by atoms with Gasteiger partial charge in [0.15, 0.2) is 0 Å². The van der Waals surface area contributed by atoms with Crippen molar-refractivity contribution in [2.75, 3.05) is 19.8 Å². The Labute approximate surface area is 123 Å². The maximum Gasteiger partial charge on any atom is 0.0989 e. The van der Waals surface area contributed by atoms with E-state index in [1.165, 1.54) is 21.9 Å². The van der Waals surface area contributed by atoms with Gasteiger partial charge < -0.3 is 10.5 Å². The van der Waals surface area contributed by atoms with E-state index < -0.39 is 0 Å². The molecule has 0 amide bonds. The minimum Gasteiger partial charge on any atom is -0.381 e. The van der Waals surface area contributed by atoms with E-state index >= 15 is 0 Å². The van der Waals surface area contributed by atoms with Crippen LogP contribution in [0.3, 0.4) is 0 Å². The Morgan fingerprint density at radius 2 is 2.15 bits per heavy atom. The molecular weight excluding hydrogens is 268 g/mol. The van der Waals surface area contributed by atoms with Gasteiger partial charge in [0.2, 0.25) is 0 Å². The minimum absolute atomic E-state index is 0.461. The molecule has 1 aromatic heterocycles. The molecule has 4 heteroatoms. The molecule has 0 spiro atoms. The van der Waals surface area contributed by atoms with Gasteiger partial charge in [0.25, 0.3) is 0 Å². The average molecular weight is 288 g/mol. The molecule has 0 aliphatic carbocycles. The van der Waals surface area contributed by atoms with Crippen LogP contribution >= 0.6 is 11.3 Å². The van der Waals surface area contributed by atoms with E-state index in [2.05, 4.69) is 24.3 Å². The zero-order valence-corrected chi connectivity index (χ0v) is 12.4. The Morgan fingerprint density at radius 3 is 2.85 bits per heavy atom. The number of nitrogens with zero attached hydrogens (tertiary/aromatic N) is 1. The lowest BCUT2D eigenvalue weighted by molar-refractivity contribution is 0.0804. The average Bonchev–Trinajstić information content (AvgIpc) is 2.94. The van der Waals surface area contributed by atoms with E-state index in [1.54, 1.807) is 0 Å². The number of benzene rings is 1. The molecule has 2 heterocycles. The normalized spacial score (nSPS) is 19.1. The van der Waals surface area contributed by atoms with Crippen molar-refractivity contribution >= 4 is 11.3 Å². The maximum absolute atomic E-state index is 5.75. The fourth-order valence-electron chi connectivity index (χ4n) is 2.60. The van der Waals surface area contributed by atoms with E-state index in [-0.39, 0.29) is 0 Å². The van der Waals surface area contributed by atoms with Crippen molar-refractivity contribution in [1.29, 1.82) is 0 Å². The highest BCUT2D eigenvalue weighted by Crippen LogP contribution is 2.35. The van der Waals surface area contributed by atoms with Gasteiger partial charge in [0.1, 0.15) is 0 Å². The molecule has 1 fully saturated rings. The van der Waals surface area contributed by atoms with Crippen LogP contribution in [0.5, 0.6) is 0 Å². The molecule has 106 valence electrons. The third kappa shape index (κ3) is 2.92. The molecule has 0 saturated carbocycles. The van der Waals surface area contributed by atoms with Crippen molar-refractivity contribution in [2.45, 2.75) is 25.2 Å². The zero-order chi connectivity index (χ0) is 13.8. The lowest BCUT2D eigenvalue weighted by Gasteiger charge is -2.19.